The second kappa shape index (κ2) is 6.48. The third-order valence-electron chi connectivity index (χ3n) is 5.01. The number of nitrogens with zero attached hydrogens (tertiary/aromatic N) is 1. The van der Waals surface area contributed by atoms with Gasteiger partial charge in [-0.15, -0.1) is 0 Å². The molecular formula is C27H13N. The molecule has 5 rings (SSSR count). The molecule has 5 aromatic carbocycles. The van der Waals surface area contributed by atoms with E-state index in [0.717, 1.165) is 16.5 Å². The first-order chi connectivity index (χ1) is 13.8. The molecule has 0 saturated carbocycles. The van der Waals surface area contributed by atoms with Gasteiger partial charge >= 0.3 is 0 Å². The van der Waals surface area contributed by atoms with E-state index >= 15 is 0 Å². The zero-order chi connectivity index (χ0) is 18.9. The maximum Gasteiger partial charge on any atom is 0.0991 e. The molecule has 0 unspecified atom stereocenters. The van der Waals surface area contributed by atoms with Crippen LogP contribution in [0.2, 0.25) is 0 Å². The monoisotopic (exact) mass is 351 g/mol. The average Bonchev–Trinajstić information content (AvgIpc) is 2.76. The van der Waals surface area contributed by atoms with Crippen LogP contribution < -0.4 is 0 Å². The molecule has 0 bridgehead atoms. The Kier molecular flexibility index (Phi) is 3.69. The number of rotatable bonds is 0. The van der Waals surface area contributed by atoms with E-state index in [2.05, 4.69) is 84.3 Å². The van der Waals surface area contributed by atoms with Gasteiger partial charge in [0.25, 0.3) is 0 Å². The summed E-state index contributed by atoms with van der Waals surface area (Å²) in [7, 11) is 0. The Morgan fingerprint density at radius 3 is 1.89 bits per heavy atom. The molecule has 126 valence electrons. The lowest BCUT2D eigenvalue weighted by Gasteiger charge is -2.11. The maximum atomic E-state index is 8.85. The van der Waals surface area contributed by atoms with Crippen LogP contribution in [0, 0.1) is 35.0 Å². The first-order valence-electron chi connectivity index (χ1n) is 9.02. The normalized spacial score (nSPS) is 10.2. The largest absolute Gasteiger partial charge is 0.192 e. The number of hydrogen-bond acceptors (Lipinski definition) is 1. The fourth-order valence-electron chi connectivity index (χ4n) is 3.67. The molecule has 0 heterocycles. The molecule has 0 aromatic heterocycles. The van der Waals surface area contributed by atoms with Crippen molar-refractivity contribution in [2.75, 3.05) is 0 Å². The van der Waals surface area contributed by atoms with Gasteiger partial charge in [0.1, 0.15) is 0 Å². The molecule has 1 nitrogen and oxygen atoms in total. The second-order valence-corrected chi connectivity index (χ2v) is 6.66. The summed E-state index contributed by atoms with van der Waals surface area (Å²) in [6.07, 6.45) is 0. The Morgan fingerprint density at radius 2 is 1.14 bits per heavy atom. The SMILES string of the molecule is N#Cc1ccc(C#CC#Cc2ccc3ccc4cccc5ccc2c3c45)cc1. The minimum atomic E-state index is 0.630. The Bertz CT molecular complexity index is 1490. The molecule has 0 N–H and O–H groups in total. The summed E-state index contributed by atoms with van der Waals surface area (Å²) in [5.41, 5.74) is 2.47. The van der Waals surface area contributed by atoms with Crippen LogP contribution in [0.3, 0.4) is 0 Å². The van der Waals surface area contributed by atoms with E-state index in [4.69, 9.17) is 5.26 Å². The quantitative estimate of drug-likeness (QED) is 0.253. The Labute approximate surface area is 163 Å². The summed E-state index contributed by atoms with van der Waals surface area (Å²) in [5.74, 6) is 12.1. The van der Waals surface area contributed by atoms with Crippen LogP contribution in [0.1, 0.15) is 16.7 Å². The average molecular weight is 351 g/mol. The van der Waals surface area contributed by atoms with E-state index in [1.807, 2.05) is 12.1 Å². The van der Waals surface area contributed by atoms with E-state index < -0.39 is 0 Å². The molecule has 1 heteroatoms. The van der Waals surface area contributed by atoms with Crippen molar-refractivity contribution >= 4 is 32.3 Å². The molecular weight excluding hydrogens is 338 g/mol. The smallest absolute Gasteiger partial charge is 0.0991 e. The highest BCUT2D eigenvalue weighted by molar-refractivity contribution is 6.23. The van der Waals surface area contributed by atoms with Gasteiger partial charge in [-0.25, -0.2) is 0 Å². The standard InChI is InChI=1S/C27H13N/c28-18-20-10-8-19(9-11-20)4-1-2-5-21-12-13-24-15-14-22-6-3-7-23-16-17-25(21)27(24)26(22)23/h3,6-17H. The van der Waals surface area contributed by atoms with Gasteiger partial charge < -0.3 is 0 Å². The topological polar surface area (TPSA) is 23.8 Å². The van der Waals surface area contributed by atoms with E-state index in [9.17, 15) is 0 Å². The molecule has 28 heavy (non-hydrogen) atoms. The highest BCUT2D eigenvalue weighted by Crippen LogP contribution is 2.35. The minimum Gasteiger partial charge on any atom is -0.192 e. The molecule has 0 fully saturated rings. The Hall–Kier alpha value is -4.25. The van der Waals surface area contributed by atoms with Gasteiger partial charge in [0, 0.05) is 11.1 Å². The minimum absolute atomic E-state index is 0.630. The third-order valence-corrected chi connectivity index (χ3v) is 5.01. The molecule has 0 radical (unpaired) electrons. The van der Waals surface area contributed by atoms with Crippen molar-refractivity contribution in [1.29, 1.82) is 5.26 Å². The molecule has 0 aliphatic carbocycles. The summed E-state index contributed by atoms with van der Waals surface area (Å²) in [5, 5.41) is 16.3. The zero-order valence-corrected chi connectivity index (χ0v) is 15.0. The van der Waals surface area contributed by atoms with E-state index in [1.165, 1.54) is 26.9 Å². The fourth-order valence-corrected chi connectivity index (χ4v) is 3.67. The van der Waals surface area contributed by atoms with Crippen molar-refractivity contribution in [2.24, 2.45) is 0 Å². The van der Waals surface area contributed by atoms with Gasteiger partial charge in [-0.05, 0) is 74.5 Å². The van der Waals surface area contributed by atoms with Gasteiger partial charge in [-0.3, -0.25) is 0 Å². The molecule has 0 aliphatic rings. The number of nitriles is 1. The summed E-state index contributed by atoms with van der Waals surface area (Å²) in [6.45, 7) is 0. The van der Waals surface area contributed by atoms with Crippen molar-refractivity contribution in [3.8, 4) is 29.8 Å². The van der Waals surface area contributed by atoms with Crippen LogP contribution in [0.15, 0.2) is 78.9 Å². The van der Waals surface area contributed by atoms with Crippen LogP contribution >= 0.6 is 0 Å². The lowest BCUT2D eigenvalue weighted by molar-refractivity contribution is 1.48. The lowest BCUT2D eigenvalue weighted by atomic mass is 9.92. The molecule has 0 atom stereocenters. The van der Waals surface area contributed by atoms with Crippen molar-refractivity contribution < 1.29 is 0 Å². The van der Waals surface area contributed by atoms with Crippen LogP contribution in [0.4, 0.5) is 0 Å². The first kappa shape index (κ1) is 16.0. The van der Waals surface area contributed by atoms with Crippen LogP contribution in [-0.2, 0) is 0 Å². The van der Waals surface area contributed by atoms with Crippen LogP contribution in [-0.4, -0.2) is 0 Å². The molecule has 0 aliphatic heterocycles. The summed E-state index contributed by atoms with van der Waals surface area (Å²) in [4.78, 5) is 0. The van der Waals surface area contributed by atoms with Crippen molar-refractivity contribution in [3.63, 3.8) is 0 Å². The summed E-state index contributed by atoms with van der Waals surface area (Å²) < 4.78 is 0. The molecule has 5 aromatic rings. The van der Waals surface area contributed by atoms with Gasteiger partial charge in [0.2, 0.25) is 0 Å². The predicted octanol–water partition coefficient (Wildman–Crippen LogP) is 5.86. The lowest BCUT2D eigenvalue weighted by Crippen LogP contribution is -1.86. The highest BCUT2D eigenvalue weighted by atomic mass is 14.2. The Morgan fingerprint density at radius 1 is 0.536 bits per heavy atom. The van der Waals surface area contributed by atoms with E-state index in [-0.39, 0.29) is 0 Å². The molecule has 0 saturated heterocycles. The van der Waals surface area contributed by atoms with Crippen molar-refractivity contribution in [3.05, 3.63) is 95.6 Å². The summed E-state index contributed by atoms with van der Waals surface area (Å²) in [6, 6.07) is 28.6. The number of hydrogen-bond donors (Lipinski definition) is 0. The van der Waals surface area contributed by atoms with Gasteiger partial charge in [0.15, 0.2) is 0 Å². The predicted molar refractivity (Wildman–Crippen MR) is 115 cm³/mol. The van der Waals surface area contributed by atoms with Gasteiger partial charge in [-0.2, -0.15) is 5.26 Å². The summed E-state index contributed by atoms with van der Waals surface area (Å²) >= 11 is 0. The fraction of sp³-hybridized carbons (Fsp3) is 0. The van der Waals surface area contributed by atoms with Gasteiger partial charge in [-0.1, -0.05) is 60.4 Å². The van der Waals surface area contributed by atoms with Crippen molar-refractivity contribution in [2.45, 2.75) is 0 Å². The Balaban J connectivity index is 1.60. The van der Waals surface area contributed by atoms with Crippen molar-refractivity contribution in [1.82, 2.24) is 0 Å². The second-order valence-electron chi connectivity index (χ2n) is 6.66. The van der Waals surface area contributed by atoms with E-state index in [0.29, 0.717) is 5.56 Å². The maximum absolute atomic E-state index is 8.85. The highest BCUT2D eigenvalue weighted by Gasteiger charge is 2.09. The van der Waals surface area contributed by atoms with Crippen LogP contribution in [0.25, 0.3) is 32.3 Å². The molecule has 0 spiro atoms. The van der Waals surface area contributed by atoms with E-state index in [1.54, 1.807) is 12.1 Å². The van der Waals surface area contributed by atoms with Crippen LogP contribution in [0.5, 0.6) is 0 Å². The first-order valence-corrected chi connectivity index (χ1v) is 9.02. The van der Waals surface area contributed by atoms with Gasteiger partial charge in [0.05, 0.1) is 11.6 Å². The zero-order valence-electron chi connectivity index (χ0n) is 15.0. The number of benzene rings is 5. The molecule has 0 amide bonds. The third kappa shape index (κ3) is 2.62.